The largest absolute Gasteiger partial charge is 0.324 e. The summed E-state index contributed by atoms with van der Waals surface area (Å²) in [5.74, 6) is -0.745. The average molecular weight is 391 g/mol. The second kappa shape index (κ2) is 7.31. The third-order valence-electron chi connectivity index (χ3n) is 4.53. The van der Waals surface area contributed by atoms with Gasteiger partial charge in [0.15, 0.2) is 0 Å². The van der Waals surface area contributed by atoms with Crippen molar-refractivity contribution in [1.29, 1.82) is 0 Å². The van der Waals surface area contributed by atoms with E-state index in [0.717, 1.165) is 10.2 Å². The van der Waals surface area contributed by atoms with E-state index in [1.54, 1.807) is 19.2 Å². The van der Waals surface area contributed by atoms with E-state index >= 15 is 0 Å². The number of aryl methyl sites for hydroxylation is 2. The number of amides is 1. The summed E-state index contributed by atoms with van der Waals surface area (Å²) in [6, 6.07) is 13.0. The Morgan fingerprint density at radius 2 is 1.90 bits per heavy atom. The van der Waals surface area contributed by atoms with Gasteiger partial charge in [0.2, 0.25) is 5.91 Å². The van der Waals surface area contributed by atoms with Gasteiger partial charge in [0.1, 0.15) is 17.9 Å². The highest BCUT2D eigenvalue weighted by Crippen LogP contribution is 2.17. The van der Waals surface area contributed by atoms with E-state index in [9.17, 15) is 14.0 Å². The van der Waals surface area contributed by atoms with Crippen LogP contribution in [0.25, 0.3) is 16.6 Å². The molecule has 0 radical (unpaired) electrons. The third kappa shape index (κ3) is 3.64. The van der Waals surface area contributed by atoms with Crippen molar-refractivity contribution in [1.82, 2.24) is 19.6 Å². The van der Waals surface area contributed by atoms with Crippen molar-refractivity contribution in [3.63, 3.8) is 0 Å². The first-order valence-corrected chi connectivity index (χ1v) is 9.00. The fourth-order valence-corrected chi connectivity index (χ4v) is 3.17. The maximum absolute atomic E-state index is 13.2. The minimum Gasteiger partial charge on any atom is -0.324 e. The monoisotopic (exact) mass is 391 g/mol. The summed E-state index contributed by atoms with van der Waals surface area (Å²) < 4.78 is 15.8. The van der Waals surface area contributed by atoms with Crippen molar-refractivity contribution in [3.05, 3.63) is 82.2 Å². The molecule has 0 aliphatic rings. The second-order valence-electron chi connectivity index (χ2n) is 6.76. The number of rotatable bonds is 4. The minimum absolute atomic E-state index is 0.238. The molecule has 7 nitrogen and oxygen atoms in total. The zero-order chi connectivity index (χ0) is 20.5. The van der Waals surface area contributed by atoms with Crippen LogP contribution >= 0.6 is 0 Å². The van der Waals surface area contributed by atoms with Crippen molar-refractivity contribution in [2.24, 2.45) is 0 Å². The molecule has 0 unspecified atom stereocenters. The molecule has 0 fully saturated rings. The van der Waals surface area contributed by atoms with Crippen LogP contribution in [0.1, 0.15) is 11.3 Å². The van der Waals surface area contributed by atoms with Gasteiger partial charge in [-0.05, 0) is 55.8 Å². The zero-order valence-electron chi connectivity index (χ0n) is 15.9. The topological polar surface area (TPSA) is 81.8 Å². The van der Waals surface area contributed by atoms with Crippen LogP contribution in [0.3, 0.4) is 0 Å². The Morgan fingerprint density at radius 1 is 1.14 bits per heavy atom. The van der Waals surface area contributed by atoms with E-state index in [2.05, 4.69) is 15.5 Å². The van der Waals surface area contributed by atoms with Gasteiger partial charge in [-0.3, -0.25) is 9.59 Å². The molecule has 0 aliphatic carbocycles. The number of halogens is 1. The third-order valence-corrected chi connectivity index (χ3v) is 4.53. The Hall–Kier alpha value is -3.81. The summed E-state index contributed by atoms with van der Waals surface area (Å²) in [6.45, 7) is 3.43. The number of carbonyl (C=O) groups excluding carboxylic acids is 1. The Morgan fingerprint density at radius 3 is 2.62 bits per heavy atom. The summed E-state index contributed by atoms with van der Waals surface area (Å²) in [4.78, 5) is 25.5. The molecule has 2 aromatic carbocycles. The maximum Gasteiger partial charge on any atom is 0.293 e. The highest BCUT2D eigenvalue weighted by atomic mass is 19.1. The van der Waals surface area contributed by atoms with E-state index in [4.69, 9.17) is 0 Å². The quantitative estimate of drug-likeness (QED) is 0.580. The van der Waals surface area contributed by atoms with Gasteiger partial charge in [0, 0.05) is 11.1 Å². The first-order valence-electron chi connectivity index (χ1n) is 9.00. The molecule has 2 aromatic heterocycles. The van der Waals surface area contributed by atoms with Gasteiger partial charge in [0.05, 0.1) is 17.6 Å². The van der Waals surface area contributed by atoms with Crippen LogP contribution in [-0.4, -0.2) is 25.5 Å². The van der Waals surface area contributed by atoms with Crippen LogP contribution in [0.15, 0.2) is 59.5 Å². The normalized spacial score (nSPS) is 11.0. The molecule has 0 aliphatic heterocycles. The van der Waals surface area contributed by atoms with Crippen molar-refractivity contribution in [2.45, 2.75) is 20.4 Å². The molecular formula is C21H18FN5O2. The van der Waals surface area contributed by atoms with Gasteiger partial charge in [-0.1, -0.05) is 12.1 Å². The van der Waals surface area contributed by atoms with E-state index in [-0.39, 0.29) is 23.8 Å². The highest BCUT2D eigenvalue weighted by Gasteiger charge is 2.16. The minimum atomic E-state index is -0.452. The van der Waals surface area contributed by atoms with Crippen LogP contribution in [0.5, 0.6) is 0 Å². The maximum atomic E-state index is 13.2. The van der Waals surface area contributed by atoms with Gasteiger partial charge in [0.25, 0.3) is 5.56 Å². The molecule has 0 saturated heterocycles. The molecule has 0 atom stereocenters. The lowest BCUT2D eigenvalue weighted by molar-refractivity contribution is -0.117. The number of anilines is 1. The molecule has 4 aromatic rings. The SMILES string of the molecule is Cc1cccc(NC(=O)Cn2nc(C)c3cnn(-c4ccc(F)cc4)c3c2=O)c1. The van der Waals surface area contributed by atoms with Crippen LogP contribution < -0.4 is 10.9 Å². The number of fused-ring (bicyclic) bond motifs is 1. The number of nitrogens with one attached hydrogen (secondary N) is 1. The molecule has 0 bridgehead atoms. The predicted molar refractivity (Wildman–Crippen MR) is 108 cm³/mol. The fourth-order valence-electron chi connectivity index (χ4n) is 3.17. The number of hydrogen-bond acceptors (Lipinski definition) is 4. The van der Waals surface area contributed by atoms with Crippen LogP contribution in [0.4, 0.5) is 10.1 Å². The number of hydrogen-bond donors (Lipinski definition) is 1. The van der Waals surface area contributed by atoms with E-state index in [1.165, 1.54) is 28.9 Å². The lowest BCUT2D eigenvalue weighted by Gasteiger charge is -2.09. The number of carbonyl (C=O) groups is 1. The second-order valence-corrected chi connectivity index (χ2v) is 6.76. The van der Waals surface area contributed by atoms with Crippen LogP contribution in [0.2, 0.25) is 0 Å². The molecule has 0 spiro atoms. The lowest BCUT2D eigenvalue weighted by atomic mass is 10.2. The van der Waals surface area contributed by atoms with E-state index < -0.39 is 5.56 Å². The Kier molecular flexibility index (Phi) is 4.67. The Balaban J connectivity index is 1.71. The first-order chi connectivity index (χ1) is 13.9. The Labute approximate surface area is 165 Å². The van der Waals surface area contributed by atoms with Gasteiger partial charge in [-0.15, -0.1) is 0 Å². The molecule has 2 heterocycles. The molecule has 8 heteroatoms. The van der Waals surface area contributed by atoms with Gasteiger partial charge < -0.3 is 5.32 Å². The summed E-state index contributed by atoms with van der Waals surface area (Å²) in [5.41, 5.74) is 2.60. The summed E-state index contributed by atoms with van der Waals surface area (Å²) in [5, 5.41) is 11.9. The highest BCUT2D eigenvalue weighted by molar-refractivity contribution is 5.90. The van der Waals surface area contributed by atoms with Gasteiger partial charge in [-0.25, -0.2) is 13.8 Å². The van der Waals surface area contributed by atoms with Gasteiger partial charge in [-0.2, -0.15) is 10.2 Å². The lowest BCUT2D eigenvalue weighted by Crippen LogP contribution is -2.31. The molecular weight excluding hydrogens is 373 g/mol. The molecule has 29 heavy (non-hydrogen) atoms. The number of benzene rings is 2. The molecule has 146 valence electrons. The molecule has 1 amide bonds. The van der Waals surface area contributed by atoms with Crippen molar-refractivity contribution >= 4 is 22.5 Å². The average Bonchev–Trinajstić information content (AvgIpc) is 3.12. The standard InChI is InChI=1S/C21H18FN5O2/c1-13-4-3-5-16(10-13)24-19(28)12-26-21(29)20-18(14(2)25-26)11-23-27(20)17-8-6-15(22)7-9-17/h3-11H,12H2,1-2H3,(H,24,28). The van der Waals surface area contributed by atoms with Crippen molar-refractivity contribution in [3.8, 4) is 5.69 Å². The Bertz CT molecular complexity index is 1270. The van der Waals surface area contributed by atoms with Crippen molar-refractivity contribution in [2.75, 3.05) is 5.32 Å². The van der Waals surface area contributed by atoms with Crippen LogP contribution in [-0.2, 0) is 11.3 Å². The number of nitrogens with zero attached hydrogens (tertiary/aromatic N) is 4. The molecule has 1 N–H and O–H groups in total. The summed E-state index contributed by atoms with van der Waals surface area (Å²) in [7, 11) is 0. The van der Waals surface area contributed by atoms with E-state index in [0.29, 0.717) is 22.5 Å². The van der Waals surface area contributed by atoms with E-state index in [1.807, 2.05) is 25.1 Å². The van der Waals surface area contributed by atoms with Gasteiger partial charge >= 0.3 is 0 Å². The first kappa shape index (κ1) is 18.5. The van der Waals surface area contributed by atoms with Crippen molar-refractivity contribution < 1.29 is 9.18 Å². The smallest absolute Gasteiger partial charge is 0.293 e. The predicted octanol–water partition coefficient (Wildman–Crippen LogP) is 2.98. The summed E-state index contributed by atoms with van der Waals surface area (Å²) >= 11 is 0. The molecule has 4 rings (SSSR count). The molecule has 0 saturated carbocycles. The number of aromatic nitrogens is 4. The summed E-state index contributed by atoms with van der Waals surface area (Å²) in [6.07, 6.45) is 1.54. The fraction of sp³-hybridized carbons (Fsp3) is 0.143. The zero-order valence-corrected chi connectivity index (χ0v) is 15.9. The van der Waals surface area contributed by atoms with Crippen LogP contribution in [0, 0.1) is 19.7 Å².